The first-order valence-corrected chi connectivity index (χ1v) is 10.5. The second kappa shape index (κ2) is 8.32. The Morgan fingerprint density at radius 1 is 1.21 bits per heavy atom. The molecule has 0 saturated heterocycles. The summed E-state index contributed by atoms with van der Waals surface area (Å²) in [6.45, 7) is 0. The number of para-hydroxylation sites is 1. The van der Waals surface area contributed by atoms with E-state index in [0.717, 1.165) is 0 Å². The first kappa shape index (κ1) is 19.6. The Hall–Kier alpha value is -2.75. The highest BCUT2D eigenvalue weighted by molar-refractivity contribution is 8.00. The van der Waals surface area contributed by atoms with E-state index in [0.29, 0.717) is 42.4 Å². The molecular weight excluding hydrogens is 435 g/mol. The highest BCUT2D eigenvalue weighted by atomic mass is 35.5. The number of benzene rings is 2. The van der Waals surface area contributed by atoms with Crippen molar-refractivity contribution in [3.8, 4) is 0 Å². The largest absolute Gasteiger partial charge is 0.356 e. The Labute approximate surface area is 177 Å². The summed E-state index contributed by atoms with van der Waals surface area (Å²) in [5.41, 5.74) is 1.51. The van der Waals surface area contributed by atoms with E-state index in [9.17, 15) is 14.0 Å². The monoisotopic (exact) mass is 446 g/mol. The molecule has 0 aliphatic rings. The van der Waals surface area contributed by atoms with E-state index < -0.39 is 11.7 Å². The van der Waals surface area contributed by atoms with Crippen LogP contribution in [0.3, 0.4) is 0 Å². The van der Waals surface area contributed by atoms with Crippen molar-refractivity contribution in [1.29, 1.82) is 0 Å². The van der Waals surface area contributed by atoms with Gasteiger partial charge in [-0.3, -0.25) is 14.9 Å². The van der Waals surface area contributed by atoms with Gasteiger partial charge in [-0.25, -0.2) is 4.39 Å². The normalized spacial score (nSPS) is 11.0. The van der Waals surface area contributed by atoms with Crippen LogP contribution in [0.5, 0.6) is 0 Å². The minimum absolute atomic E-state index is 0.110. The van der Waals surface area contributed by atoms with E-state index in [2.05, 4.69) is 20.5 Å². The van der Waals surface area contributed by atoms with Crippen molar-refractivity contribution in [2.45, 2.75) is 10.1 Å². The van der Waals surface area contributed by atoms with Crippen molar-refractivity contribution in [2.24, 2.45) is 0 Å². The van der Waals surface area contributed by atoms with Crippen molar-refractivity contribution in [3.05, 3.63) is 80.9 Å². The standard InChI is InChI=1S/C19H12ClFN4O2S2/c20-14-3-1-2-13-15(26)8-12(22-16(13)14)9-28-19-25-24-18(29-19)23-17(27)10-4-6-11(21)7-5-10/h1-8H,9H2,(H,22,26)(H,23,24,27). The number of nitrogens with one attached hydrogen (secondary N) is 2. The molecule has 0 spiro atoms. The third-order valence-electron chi connectivity index (χ3n) is 3.95. The molecule has 2 N–H and O–H groups in total. The smallest absolute Gasteiger partial charge is 0.257 e. The van der Waals surface area contributed by atoms with Gasteiger partial charge in [0.2, 0.25) is 5.13 Å². The van der Waals surface area contributed by atoms with Crippen molar-refractivity contribution >= 4 is 56.6 Å². The van der Waals surface area contributed by atoms with Gasteiger partial charge in [0, 0.05) is 28.5 Å². The summed E-state index contributed by atoms with van der Waals surface area (Å²) in [6.07, 6.45) is 0. The molecule has 2 aromatic heterocycles. The van der Waals surface area contributed by atoms with Gasteiger partial charge in [-0.05, 0) is 36.4 Å². The number of aromatic nitrogens is 3. The summed E-state index contributed by atoms with van der Waals surface area (Å²) in [7, 11) is 0. The fourth-order valence-electron chi connectivity index (χ4n) is 2.60. The summed E-state index contributed by atoms with van der Waals surface area (Å²) in [5, 5.41) is 12.0. The van der Waals surface area contributed by atoms with Gasteiger partial charge < -0.3 is 4.98 Å². The van der Waals surface area contributed by atoms with E-state index in [1.165, 1.54) is 53.4 Å². The van der Waals surface area contributed by atoms with Gasteiger partial charge in [-0.1, -0.05) is 40.8 Å². The zero-order chi connectivity index (χ0) is 20.4. The molecule has 0 aliphatic carbocycles. The van der Waals surface area contributed by atoms with Gasteiger partial charge in [-0.15, -0.1) is 10.2 Å². The van der Waals surface area contributed by atoms with Crippen molar-refractivity contribution in [2.75, 3.05) is 5.32 Å². The lowest BCUT2D eigenvalue weighted by molar-refractivity contribution is 0.102. The Morgan fingerprint density at radius 2 is 2.00 bits per heavy atom. The van der Waals surface area contributed by atoms with E-state index in [-0.39, 0.29) is 5.43 Å². The average molecular weight is 447 g/mol. The molecule has 0 saturated carbocycles. The fourth-order valence-corrected chi connectivity index (χ4v) is 4.47. The number of pyridine rings is 1. The van der Waals surface area contributed by atoms with E-state index in [4.69, 9.17) is 11.6 Å². The zero-order valence-electron chi connectivity index (χ0n) is 14.6. The molecular formula is C19H12ClFN4O2S2. The van der Waals surface area contributed by atoms with Crippen LogP contribution in [0.25, 0.3) is 10.9 Å². The molecule has 146 valence electrons. The van der Waals surface area contributed by atoms with Crippen LogP contribution in [0.1, 0.15) is 16.1 Å². The van der Waals surface area contributed by atoms with E-state index in [1.54, 1.807) is 18.2 Å². The first-order valence-electron chi connectivity index (χ1n) is 8.33. The highest BCUT2D eigenvalue weighted by Gasteiger charge is 2.12. The van der Waals surface area contributed by atoms with Crippen LogP contribution in [-0.2, 0) is 5.75 Å². The maximum atomic E-state index is 13.0. The molecule has 0 atom stereocenters. The fraction of sp³-hybridized carbons (Fsp3) is 0.0526. The van der Waals surface area contributed by atoms with Gasteiger partial charge in [0.1, 0.15) is 5.82 Å². The number of hydrogen-bond acceptors (Lipinski definition) is 6. The second-order valence-electron chi connectivity index (χ2n) is 5.94. The van der Waals surface area contributed by atoms with E-state index in [1.807, 2.05) is 0 Å². The van der Waals surface area contributed by atoms with Crippen LogP contribution in [0.15, 0.2) is 57.7 Å². The molecule has 2 heterocycles. The summed E-state index contributed by atoms with van der Waals surface area (Å²) in [6, 6.07) is 11.9. The molecule has 10 heteroatoms. The van der Waals surface area contributed by atoms with Gasteiger partial charge in [0.05, 0.1) is 10.5 Å². The number of aromatic amines is 1. The van der Waals surface area contributed by atoms with E-state index >= 15 is 0 Å². The molecule has 4 aromatic rings. The Bertz CT molecular complexity index is 1260. The number of hydrogen-bond donors (Lipinski definition) is 2. The molecule has 2 aromatic carbocycles. The molecule has 0 bridgehead atoms. The van der Waals surface area contributed by atoms with Gasteiger partial charge in [0.25, 0.3) is 5.91 Å². The number of anilines is 1. The number of carbonyl (C=O) groups excluding carboxylic acids is 1. The number of H-pyrrole nitrogens is 1. The quantitative estimate of drug-likeness (QED) is 0.342. The molecule has 6 nitrogen and oxygen atoms in total. The lowest BCUT2D eigenvalue weighted by atomic mass is 10.2. The zero-order valence-corrected chi connectivity index (χ0v) is 17.0. The molecule has 1 amide bonds. The van der Waals surface area contributed by atoms with Crippen LogP contribution in [0, 0.1) is 5.82 Å². The molecule has 0 aliphatic heterocycles. The Balaban J connectivity index is 1.44. The number of halogens is 2. The number of amides is 1. The number of fused-ring (bicyclic) bond motifs is 1. The number of thioether (sulfide) groups is 1. The lowest BCUT2D eigenvalue weighted by Gasteiger charge is -2.04. The Kier molecular flexibility index (Phi) is 5.61. The average Bonchev–Trinajstić information content (AvgIpc) is 3.15. The molecule has 4 rings (SSSR count). The number of rotatable bonds is 5. The number of carbonyl (C=O) groups is 1. The lowest BCUT2D eigenvalue weighted by Crippen LogP contribution is -2.11. The molecule has 29 heavy (non-hydrogen) atoms. The minimum Gasteiger partial charge on any atom is -0.356 e. The van der Waals surface area contributed by atoms with Crippen LogP contribution in [0.4, 0.5) is 9.52 Å². The summed E-state index contributed by atoms with van der Waals surface area (Å²) in [4.78, 5) is 27.6. The second-order valence-corrected chi connectivity index (χ2v) is 8.55. The first-order chi connectivity index (χ1) is 14.0. The third kappa shape index (κ3) is 4.47. The van der Waals surface area contributed by atoms with Crippen LogP contribution >= 0.6 is 34.7 Å². The van der Waals surface area contributed by atoms with Crippen molar-refractivity contribution < 1.29 is 9.18 Å². The van der Waals surface area contributed by atoms with Crippen LogP contribution < -0.4 is 10.7 Å². The van der Waals surface area contributed by atoms with Crippen molar-refractivity contribution in [3.63, 3.8) is 0 Å². The maximum absolute atomic E-state index is 13.0. The van der Waals surface area contributed by atoms with Crippen LogP contribution in [0.2, 0.25) is 5.02 Å². The SMILES string of the molecule is O=C(Nc1nnc(SCc2cc(=O)c3cccc(Cl)c3[nH]2)s1)c1ccc(F)cc1. The predicted octanol–water partition coefficient (Wildman–Crippen LogP) is 4.72. The van der Waals surface area contributed by atoms with Gasteiger partial charge in [-0.2, -0.15) is 0 Å². The third-order valence-corrected chi connectivity index (χ3v) is 6.29. The van der Waals surface area contributed by atoms with Gasteiger partial charge in [0.15, 0.2) is 9.77 Å². The predicted molar refractivity (Wildman–Crippen MR) is 113 cm³/mol. The Morgan fingerprint density at radius 3 is 2.79 bits per heavy atom. The molecule has 0 unspecified atom stereocenters. The van der Waals surface area contributed by atoms with Gasteiger partial charge >= 0.3 is 0 Å². The highest BCUT2D eigenvalue weighted by Crippen LogP contribution is 2.29. The van der Waals surface area contributed by atoms with Crippen LogP contribution in [-0.4, -0.2) is 21.1 Å². The topological polar surface area (TPSA) is 87.7 Å². The number of nitrogens with zero attached hydrogens (tertiary/aromatic N) is 2. The summed E-state index contributed by atoms with van der Waals surface area (Å²) >= 11 is 8.75. The maximum Gasteiger partial charge on any atom is 0.257 e. The molecule has 0 radical (unpaired) electrons. The summed E-state index contributed by atoms with van der Waals surface area (Å²) in [5.74, 6) is -0.355. The summed E-state index contributed by atoms with van der Waals surface area (Å²) < 4.78 is 13.6. The van der Waals surface area contributed by atoms with Crippen molar-refractivity contribution in [1.82, 2.24) is 15.2 Å². The minimum atomic E-state index is -0.413. The molecule has 0 fully saturated rings.